The molecule has 9 aromatic rings. The smallest absolute Gasteiger partial charge is 0.128 e. The number of aryl methyl sites for hydroxylation is 2. The third kappa shape index (κ3) is 8.09. The number of hydrogen-bond donors (Lipinski definition) is 0. The molecule has 0 fully saturated rings. The predicted molar refractivity (Wildman–Crippen MR) is 231 cm³/mol. The van der Waals surface area contributed by atoms with E-state index in [1.54, 1.807) is 24.4 Å². The van der Waals surface area contributed by atoms with Crippen LogP contribution in [0, 0.1) is 32.1 Å². The van der Waals surface area contributed by atoms with Gasteiger partial charge in [-0.1, -0.05) is 147 Å². The van der Waals surface area contributed by atoms with E-state index in [0.29, 0.717) is 27.9 Å². The molecule has 0 aliphatic rings. The van der Waals surface area contributed by atoms with Crippen molar-refractivity contribution >= 4 is 32.7 Å². The molecule has 3 nitrogen and oxygen atoms in total. The van der Waals surface area contributed by atoms with E-state index >= 15 is 0 Å². The zero-order valence-electron chi connectivity index (χ0n) is 39.3. The molecule has 3 aromatic heterocycles. The molecule has 6 aromatic carbocycles. The van der Waals surface area contributed by atoms with E-state index in [-0.39, 0.29) is 31.2 Å². The monoisotopic (exact) mass is 913 g/mol. The van der Waals surface area contributed by atoms with Crippen LogP contribution in [0.15, 0.2) is 156 Å². The minimum absolute atomic E-state index is 0. The summed E-state index contributed by atoms with van der Waals surface area (Å²) in [5.41, 5.74) is 8.95. The fourth-order valence-electron chi connectivity index (χ4n) is 6.88. The summed E-state index contributed by atoms with van der Waals surface area (Å²) in [5.74, 6) is 0. The second-order valence-electron chi connectivity index (χ2n) is 14.6. The number of benzene rings is 6. The molecule has 0 bridgehead atoms. The predicted octanol–water partition coefficient (Wildman–Crippen LogP) is 14.1. The molecule has 0 amide bonds. The van der Waals surface area contributed by atoms with Crippen molar-refractivity contribution in [1.29, 1.82) is 0 Å². The molecule has 0 unspecified atom stereocenters. The third-order valence-corrected chi connectivity index (χ3v) is 9.44. The first-order valence-electron chi connectivity index (χ1n) is 22.2. The van der Waals surface area contributed by atoms with Crippen molar-refractivity contribution in [2.24, 2.45) is 5.41 Å². The zero-order chi connectivity index (χ0) is 44.9. The van der Waals surface area contributed by atoms with Gasteiger partial charge in [-0.2, -0.15) is 18.6 Å². The van der Waals surface area contributed by atoms with E-state index in [1.165, 1.54) is 12.3 Å². The van der Waals surface area contributed by atoms with Crippen LogP contribution < -0.4 is 0 Å². The summed E-state index contributed by atoms with van der Waals surface area (Å²) in [6.07, 6.45) is 1.70. The van der Waals surface area contributed by atoms with Gasteiger partial charge in [-0.3, -0.25) is 4.98 Å². The van der Waals surface area contributed by atoms with Gasteiger partial charge >= 0.3 is 0 Å². The topological polar surface area (TPSA) is 38.9 Å². The summed E-state index contributed by atoms with van der Waals surface area (Å²) < 4.78 is 69.5. The van der Waals surface area contributed by atoms with Gasteiger partial charge in [0.15, 0.2) is 0 Å². The largest absolute Gasteiger partial charge is 0.500 e. The average molecular weight is 913 g/mol. The Morgan fingerprint density at radius 1 is 0.679 bits per heavy atom. The van der Waals surface area contributed by atoms with Crippen LogP contribution in [-0.2, 0) is 26.5 Å². The van der Waals surface area contributed by atoms with Crippen LogP contribution in [0.3, 0.4) is 0 Å². The van der Waals surface area contributed by atoms with Gasteiger partial charge in [0.25, 0.3) is 0 Å². The van der Waals surface area contributed by atoms with Crippen LogP contribution >= 0.6 is 0 Å². The van der Waals surface area contributed by atoms with Crippen LogP contribution in [0.25, 0.3) is 77.5 Å². The second-order valence-corrected chi connectivity index (χ2v) is 14.6. The van der Waals surface area contributed by atoms with Gasteiger partial charge < -0.3 is 9.40 Å². The number of aromatic nitrogens is 2. The Morgan fingerprint density at radius 2 is 1.46 bits per heavy atom. The maximum atomic E-state index is 8.56. The molecule has 3 heterocycles. The number of nitrogens with zero attached hydrogens (tertiary/aromatic N) is 2. The first-order valence-corrected chi connectivity index (χ1v) is 18.2. The Hall–Kier alpha value is -5.80. The molecule has 279 valence electrons. The molecule has 56 heavy (non-hydrogen) atoms. The first kappa shape index (κ1) is 29.5. The number of hydrogen-bond acceptors (Lipinski definition) is 3. The van der Waals surface area contributed by atoms with E-state index in [4.69, 9.17) is 15.4 Å². The molecule has 0 spiro atoms. The van der Waals surface area contributed by atoms with Crippen molar-refractivity contribution in [3.63, 3.8) is 0 Å². The van der Waals surface area contributed by atoms with E-state index in [0.717, 1.165) is 60.7 Å². The summed E-state index contributed by atoms with van der Waals surface area (Å²) >= 11 is 0. The van der Waals surface area contributed by atoms with Crippen molar-refractivity contribution in [1.82, 2.24) is 9.97 Å². The summed E-state index contributed by atoms with van der Waals surface area (Å²) in [5, 5.41) is 4.37. The molecule has 1 radical (unpaired) electrons. The van der Waals surface area contributed by atoms with Crippen molar-refractivity contribution in [2.75, 3.05) is 0 Å². The molecule has 0 atom stereocenters. The second kappa shape index (κ2) is 16.1. The van der Waals surface area contributed by atoms with Crippen molar-refractivity contribution in [2.45, 2.75) is 40.8 Å². The minimum Gasteiger partial charge on any atom is -0.500 e. The number of fused-ring (bicyclic) bond motifs is 5. The maximum Gasteiger partial charge on any atom is 0.128 e. The Labute approximate surface area is 355 Å². The van der Waals surface area contributed by atoms with Gasteiger partial charge in [0.2, 0.25) is 0 Å². The molecule has 0 saturated heterocycles. The standard InChI is InChI=1S/C32H26NO.C20H18N.Ir/c1-32(2,3)20-21-11-13-22(14-12-21)24-17-18-33-29(19-24)28-10-6-9-26-27-16-15-23-7-4-5-8-25(23)30(27)34-31(26)28;1-14-9-10-20(21-13-14)19-12-18(15(2)11-16(19)3)17-7-5-4-6-8-17;/h4-9,11-19H,20H2,1-3H3;4-13H,3H2,1-2H3;/q2*-1;/i20D2;1D3,2D3;. The third-order valence-electron chi connectivity index (χ3n) is 9.44. The molecule has 0 N–H and O–H groups in total. The van der Waals surface area contributed by atoms with Crippen LogP contribution in [0.2, 0.25) is 0 Å². The maximum absolute atomic E-state index is 8.56. The number of pyridine rings is 2. The number of furan rings is 1. The van der Waals surface area contributed by atoms with Crippen LogP contribution in [0.4, 0.5) is 0 Å². The average Bonchev–Trinajstić information content (AvgIpc) is 3.66. The Morgan fingerprint density at radius 3 is 2.21 bits per heavy atom. The van der Waals surface area contributed by atoms with Crippen molar-refractivity contribution in [3.05, 3.63) is 187 Å². The van der Waals surface area contributed by atoms with Crippen LogP contribution in [0.5, 0.6) is 0 Å². The van der Waals surface area contributed by atoms with Gasteiger partial charge in [-0.25, -0.2) is 0 Å². The van der Waals surface area contributed by atoms with Gasteiger partial charge in [0.1, 0.15) is 5.58 Å². The van der Waals surface area contributed by atoms with E-state index in [9.17, 15) is 0 Å². The Kier molecular flexibility index (Phi) is 8.49. The molecule has 0 aliphatic heterocycles. The SMILES string of the molecule is [2H]C([2H])([2H])c1ccc(-c2cc(-c3ccccc3)c(C([2H])([2H])[2H])cc2[CH2-])nc1.[2H]C([2H])(c1ccc(-c2ccnc(-c3[c-]ccc4c3oc3c5ccccc5ccc43)c2)cc1)C(C)(C)C.[Ir]. The van der Waals surface area contributed by atoms with E-state index in [2.05, 4.69) is 47.2 Å². The fraction of sp³-hybridized carbons (Fsp3) is 0.135. The van der Waals surface area contributed by atoms with Gasteiger partial charge in [0, 0.05) is 59.9 Å². The summed E-state index contributed by atoms with van der Waals surface area (Å²) in [4.78, 5) is 8.92. The van der Waals surface area contributed by atoms with Crippen molar-refractivity contribution in [3.8, 4) is 44.8 Å². The zero-order valence-corrected chi connectivity index (χ0v) is 33.7. The number of rotatable bonds is 5. The molecule has 4 heteroatoms. The van der Waals surface area contributed by atoms with Gasteiger partial charge in [-0.05, 0) is 75.2 Å². The summed E-state index contributed by atoms with van der Waals surface area (Å²) in [6, 6.07) is 47.3. The van der Waals surface area contributed by atoms with E-state index < -0.39 is 25.5 Å². The molecule has 0 saturated carbocycles. The van der Waals surface area contributed by atoms with Crippen molar-refractivity contribution < 1.29 is 35.5 Å². The summed E-state index contributed by atoms with van der Waals surface area (Å²) in [6.45, 7) is 5.24. The summed E-state index contributed by atoms with van der Waals surface area (Å²) in [7, 11) is 0. The van der Waals surface area contributed by atoms with Gasteiger partial charge in [0.05, 0.1) is 5.58 Å². The van der Waals surface area contributed by atoms with Crippen LogP contribution in [-0.4, -0.2) is 9.97 Å². The Balaban J connectivity index is 0.000000197. The molecular formula is C52H44IrN2O-2. The normalized spacial score (nSPS) is 14.1. The van der Waals surface area contributed by atoms with Crippen LogP contribution in [0.1, 0.15) is 54.0 Å². The molecular weight excluding hydrogens is 861 g/mol. The minimum atomic E-state index is -2.28. The molecule has 9 rings (SSSR count). The molecule has 0 aliphatic carbocycles. The quantitative estimate of drug-likeness (QED) is 0.162. The first-order chi connectivity index (χ1) is 29.8. The van der Waals surface area contributed by atoms with E-state index in [1.807, 2.05) is 112 Å². The van der Waals surface area contributed by atoms with Gasteiger partial charge in [-0.15, -0.1) is 29.8 Å². The Bertz CT molecular complexity index is 3100. The fourth-order valence-corrected chi connectivity index (χ4v) is 6.88.